The second-order valence-electron chi connectivity index (χ2n) is 7.33. The van der Waals surface area contributed by atoms with Crippen LogP contribution in [0.3, 0.4) is 0 Å². The lowest BCUT2D eigenvalue weighted by atomic mass is 10.1. The first kappa shape index (κ1) is 21.2. The lowest BCUT2D eigenvalue weighted by Gasteiger charge is -2.24. The summed E-state index contributed by atoms with van der Waals surface area (Å²) in [7, 11) is 4.01. The number of hydrogen-bond acceptors (Lipinski definition) is 3. The Labute approximate surface area is 167 Å². The van der Waals surface area contributed by atoms with Crippen molar-refractivity contribution in [1.29, 1.82) is 0 Å². The first-order valence-electron chi connectivity index (χ1n) is 9.19. The molecule has 146 valence electrons. The molecule has 1 aromatic carbocycles. The monoisotopic (exact) mass is 388 g/mol. The van der Waals surface area contributed by atoms with E-state index in [9.17, 15) is 4.79 Å². The molecule has 6 heteroatoms. The largest absolute Gasteiger partial charge is 0.351 e. The average Bonchev–Trinajstić information content (AvgIpc) is 2.86. The molecule has 0 aliphatic rings. The van der Waals surface area contributed by atoms with E-state index in [4.69, 9.17) is 11.6 Å². The van der Waals surface area contributed by atoms with E-state index in [-0.39, 0.29) is 11.9 Å². The zero-order chi connectivity index (χ0) is 20.0. The SMILES string of the molecule is Cc1nn(CC(C)C)c(Cl)c1/C=C/C(=O)NCC(c1ccccc1)N(C)C. The number of nitrogens with zero attached hydrogens (tertiary/aromatic N) is 3. The van der Waals surface area contributed by atoms with Crippen molar-refractivity contribution in [2.24, 2.45) is 5.92 Å². The van der Waals surface area contributed by atoms with E-state index in [0.29, 0.717) is 17.6 Å². The Bertz CT molecular complexity index is 781. The van der Waals surface area contributed by atoms with Crippen molar-refractivity contribution in [2.45, 2.75) is 33.4 Å². The summed E-state index contributed by atoms with van der Waals surface area (Å²) in [6, 6.07) is 10.3. The van der Waals surface area contributed by atoms with Crippen molar-refractivity contribution in [3.63, 3.8) is 0 Å². The van der Waals surface area contributed by atoms with Gasteiger partial charge in [-0.2, -0.15) is 5.10 Å². The molecule has 1 unspecified atom stereocenters. The number of nitrogens with one attached hydrogen (secondary N) is 1. The molecule has 1 aromatic heterocycles. The molecule has 0 fully saturated rings. The van der Waals surface area contributed by atoms with E-state index in [2.05, 4.69) is 41.3 Å². The van der Waals surface area contributed by atoms with Gasteiger partial charge in [0.15, 0.2) is 0 Å². The van der Waals surface area contributed by atoms with Gasteiger partial charge in [-0.15, -0.1) is 0 Å². The van der Waals surface area contributed by atoms with Gasteiger partial charge in [-0.1, -0.05) is 55.8 Å². The molecule has 0 radical (unpaired) electrons. The number of carbonyl (C=O) groups excluding carboxylic acids is 1. The molecule has 1 heterocycles. The number of rotatable bonds is 8. The number of halogens is 1. The van der Waals surface area contributed by atoms with Crippen LogP contribution in [0.4, 0.5) is 0 Å². The van der Waals surface area contributed by atoms with Gasteiger partial charge in [0.05, 0.1) is 11.7 Å². The maximum Gasteiger partial charge on any atom is 0.244 e. The molecule has 27 heavy (non-hydrogen) atoms. The topological polar surface area (TPSA) is 50.2 Å². The van der Waals surface area contributed by atoms with Crippen LogP contribution >= 0.6 is 11.6 Å². The fraction of sp³-hybridized carbons (Fsp3) is 0.429. The molecule has 1 amide bonds. The smallest absolute Gasteiger partial charge is 0.244 e. The Morgan fingerprint density at radius 1 is 1.30 bits per heavy atom. The number of aromatic nitrogens is 2. The summed E-state index contributed by atoms with van der Waals surface area (Å²) in [5.41, 5.74) is 2.78. The van der Waals surface area contributed by atoms with Crippen molar-refractivity contribution in [3.05, 3.63) is 58.4 Å². The molecule has 1 atom stereocenters. The van der Waals surface area contributed by atoms with Gasteiger partial charge >= 0.3 is 0 Å². The summed E-state index contributed by atoms with van der Waals surface area (Å²) in [6.07, 6.45) is 3.26. The fourth-order valence-corrected chi connectivity index (χ4v) is 3.22. The number of hydrogen-bond donors (Lipinski definition) is 1. The predicted molar refractivity (Wildman–Crippen MR) is 112 cm³/mol. The van der Waals surface area contributed by atoms with Crippen LogP contribution in [0, 0.1) is 12.8 Å². The molecule has 5 nitrogen and oxygen atoms in total. The minimum Gasteiger partial charge on any atom is -0.351 e. The maximum absolute atomic E-state index is 12.3. The molecule has 0 aliphatic carbocycles. The molecule has 0 bridgehead atoms. The highest BCUT2D eigenvalue weighted by atomic mass is 35.5. The van der Waals surface area contributed by atoms with E-state index >= 15 is 0 Å². The third-order valence-electron chi connectivity index (χ3n) is 4.33. The van der Waals surface area contributed by atoms with Gasteiger partial charge in [-0.25, -0.2) is 0 Å². The van der Waals surface area contributed by atoms with E-state index in [0.717, 1.165) is 17.8 Å². The number of aryl methyl sites for hydroxylation is 1. The third kappa shape index (κ3) is 5.94. The lowest BCUT2D eigenvalue weighted by molar-refractivity contribution is -0.116. The number of carbonyl (C=O) groups is 1. The van der Waals surface area contributed by atoms with Crippen LogP contribution in [0.5, 0.6) is 0 Å². The predicted octanol–water partition coefficient (Wildman–Crippen LogP) is 3.93. The number of likely N-dealkylation sites (N-methyl/N-ethyl adjacent to an activating group) is 1. The fourth-order valence-electron chi connectivity index (χ4n) is 2.91. The van der Waals surface area contributed by atoms with Gasteiger partial charge in [-0.05, 0) is 38.6 Å². The van der Waals surface area contributed by atoms with Crippen molar-refractivity contribution in [2.75, 3.05) is 20.6 Å². The van der Waals surface area contributed by atoms with Crippen LogP contribution in [0.25, 0.3) is 6.08 Å². The van der Waals surface area contributed by atoms with Crippen LogP contribution < -0.4 is 5.32 Å². The van der Waals surface area contributed by atoms with Crippen LogP contribution in [-0.4, -0.2) is 41.2 Å². The molecular formula is C21H29ClN4O. The Hall–Kier alpha value is -2.11. The van der Waals surface area contributed by atoms with Crippen molar-refractivity contribution in [3.8, 4) is 0 Å². The first-order valence-corrected chi connectivity index (χ1v) is 9.57. The van der Waals surface area contributed by atoms with Crippen LogP contribution in [0.2, 0.25) is 5.15 Å². The number of benzene rings is 1. The Kier molecular flexibility index (Phi) is 7.63. The number of amides is 1. The van der Waals surface area contributed by atoms with Gasteiger partial charge in [0.2, 0.25) is 5.91 Å². The standard InChI is InChI=1S/C21H29ClN4O/c1-15(2)14-26-21(22)18(16(3)24-26)11-12-20(27)23-13-19(25(4)5)17-9-7-6-8-10-17/h6-12,15,19H,13-14H2,1-5H3,(H,23,27)/b12-11+. The van der Waals surface area contributed by atoms with E-state index in [1.54, 1.807) is 10.8 Å². The molecule has 0 saturated heterocycles. The molecule has 2 rings (SSSR count). The normalized spacial score (nSPS) is 12.9. The summed E-state index contributed by atoms with van der Waals surface area (Å²) in [5, 5.41) is 8.00. The molecular weight excluding hydrogens is 360 g/mol. The summed E-state index contributed by atoms with van der Waals surface area (Å²) in [4.78, 5) is 14.4. The van der Waals surface area contributed by atoms with Gasteiger partial charge in [0, 0.05) is 24.7 Å². The molecule has 1 N–H and O–H groups in total. The Balaban J connectivity index is 2.02. The molecule has 2 aromatic rings. The summed E-state index contributed by atoms with van der Waals surface area (Å²) >= 11 is 6.42. The highest BCUT2D eigenvalue weighted by Crippen LogP contribution is 2.22. The Morgan fingerprint density at radius 3 is 2.56 bits per heavy atom. The van der Waals surface area contributed by atoms with Crippen LogP contribution in [-0.2, 0) is 11.3 Å². The van der Waals surface area contributed by atoms with Gasteiger partial charge in [0.25, 0.3) is 0 Å². The molecule has 0 aliphatic heterocycles. The quantitative estimate of drug-likeness (QED) is 0.697. The summed E-state index contributed by atoms with van der Waals surface area (Å²) < 4.78 is 1.79. The summed E-state index contributed by atoms with van der Waals surface area (Å²) in [5.74, 6) is 0.299. The second-order valence-corrected chi connectivity index (χ2v) is 7.69. The second kappa shape index (κ2) is 9.72. The third-order valence-corrected chi connectivity index (χ3v) is 4.72. The Morgan fingerprint density at radius 2 is 1.96 bits per heavy atom. The molecule has 0 saturated carbocycles. The summed E-state index contributed by atoms with van der Waals surface area (Å²) in [6.45, 7) is 7.41. The van der Waals surface area contributed by atoms with Gasteiger partial charge in [0.1, 0.15) is 5.15 Å². The van der Waals surface area contributed by atoms with Gasteiger partial charge < -0.3 is 10.2 Å². The lowest BCUT2D eigenvalue weighted by Crippen LogP contribution is -2.33. The molecule has 0 spiro atoms. The maximum atomic E-state index is 12.3. The zero-order valence-electron chi connectivity index (χ0n) is 16.7. The van der Waals surface area contributed by atoms with Crippen molar-refractivity contribution in [1.82, 2.24) is 20.0 Å². The van der Waals surface area contributed by atoms with E-state index < -0.39 is 0 Å². The average molecular weight is 389 g/mol. The first-order chi connectivity index (χ1) is 12.8. The highest BCUT2D eigenvalue weighted by Gasteiger charge is 2.15. The highest BCUT2D eigenvalue weighted by molar-refractivity contribution is 6.31. The van der Waals surface area contributed by atoms with Crippen molar-refractivity contribution >= 4 is 23.6 Å². The van der Waals surface area contributed by atoms with Crippen LogP contribution in [0.15, 0.2) is 36.4 Å². The zero-order valence-corrected chi connectivity index (χ0v) is 17.5. The van der Waals surface area contributed by atoms with Gasteiger partial charge in [-0.3, -0.25) is 9.48 Å². The minimum absolute atomic E-state index is 0.114. The van der Waals surface area contributed by atoms with E-state index in [1.165, 1.54) is 11.6 Å². The minimum atomic E-state index is -0.148. The van der Waals surface area contributed by atoms with Crippen molar-refractivity contribution < 1.29 is 4.79 Å². The van der Waals surface area contributed by atoms with Crippen LogP contribution in [0.1, 0.15) is 36.7 Å². The van der Waals surface area contributed by atoms with E-state index in [1.807, 2.05) is 39.2 Å².